The van der Waals surface area contributed by atoms with Gasteiger partial charge in [-0.1, -0.05) is 12.1 Å². The van der Waals surface area contributed by atoms with Crippen LogP contribution in [0, 0.1) is 0 Å². The summed E-state index contributed by atoms with van der Waals surface area (Å²) in [5.74, 6) is 2.61. The van der Waals surface area contributed by atoms with Crippen LogP contribution in [-0.2, 0) is 0 Å². The Bertz CT molecular complexity index is 1070. The first kappa shape index (κ1) is 19.5. The Morgan fingerprint density at radius 3 is 2.42 bits per heavy atom. The van der Waals surface area contributed by atoms with Crippen molar-refractivity contribution in [2.24, 2.45) is 0 Å². The second-order valence-electron chi connectivity index (χ2n) is 7.71. The number of hydrogen-bond donors (Lipinski definition) is 1. The number of rotatable bonds is 7. The highest BCUT2D eigenvalue weighted by atomic mass is 16.5. The van der Waals surface area contributed by atoms with Gasteiger partial charge in [0.2, 0.25) is 5.95 Å². The summed E-state index contributed by atoms with van der Waals surface area (Å²) in [4.78, 5) is 21.4. The summed E-state index contributed by atoms with van der Waals surface area (Å²) in [7, 11) is 0. The maximum atomic E-state index is 5.95. The number of para-hydroxylation sites is 2. The zero-order chi connectivity index (χ0) is 20.9. The highest BCUT2D eigenvalue weighted by molar-refractivity contribution is 5.79. The number of aromatic amines is 1. The number of nitrogens with zero attached hydrogens (tertiary/aromatic N) is 5. The second kappa shape index (κ2) is 9.14. The molecule has 5 rings (SSSR count). The average molecular weight is 415 g/mol. The van der Waals surface area contributed by atoms with Crippen LogP contribution in [0.5, 0.6) is 5.75 Å². The minimum Gasteiger partial charge on any atom is -0.494 e. The van der Waals surface area contributed by atoms with E-state index in [9.17, 15) is 0 Å². The first-order valence-corrected chi connectivity index (χ1v) is 10.8. The quantitative estimate of drug-likeness (QED) is 0.466. The van der Waals surface area contributed by atoms with Crippen LogP contribution in [0.4, 0.5) is 5.95 Å². The molecule has 0 unspecified atom stereocenters. The van der Waals surface area contributed by atoms with Crippen LogP contribution in [0.1, 0.15) is 6.42 Å². The van der Waals surface area contributed by atoms with E-state index in [1.807, 2.05) is 42.5 Å². The van der Waals surface area contributed by atoms with Crippen molar-refractivity contribution in [2.75, 3.05) is 44.2 Å². The fourth-order valence-electron chi connectivity index (χ4n) is 3.90. The second-order valence-corrected chi connectivity index (χ2v) is 7.71. The molecule has 1 aliphatic rings. The summed E-state index contributed by atoms with van der Waals surface area (Å²) in [6.45, 7) is 5.75. The van der Waals surface area contributed by atoms with E-state index in [1.54, 1.807) is 12.4 Å². The van der Waals surface area contributed by atoms with Gasteiger partial charge in [0.15, 0.2) is 0 Å². The molecule has 0 radical (unpaired) electrons. The van der Waals surface area contributed by atoms with Crippen molar-refractivity contribution in [3.8, 4) is 17.1 Å². The van der Waals surface area contributed by atoms with Gasteiger partial charge in [-0.25, -0.2) is 15.0 Å². The number of imidazole rings is 1. The lowest BCUT2D eigenvalue weighted by molar-refractivity contribution is 0.224. The first-order chi connectivity index (χ1) is 15.3. The van der Waals surface area contributed by atoms with Gasteiger partial charge in [-0.05, 0) is 48.9 Å². The van der Waals surface area contributed by atoms with Crippen molar-refractivity contribution in [2.45, 2.75) is 6.42 Å². The van der Waals surface area contributed by atoms with Crippen LogP contribution in [-0.4, -0.2) is 64.2 Å². The molecule has 2 aromatic heterocycles. The number of nitrogens with one attached hydrogen (secondary N) is 1. The van der Waals surface area contributed by atoms with E-state index in [0.29, 0.717) is 6.61 Å². The summed E-state index contributed by atoms with van der Waals surface area (Å²) in [5.41, 5.74) is 3.09. The molecular formula is C24H26N6O. The van der Waals surface area contributed by atoms with E-state index < -0.39 is 0 Å². The summed E-state index contributed by atoms with van der Waals surface area (Å²) < 4.78 is 5.95. The molecule has 31 heavy (non-hydrogen) atoms. The Morgan fingerprint density at radius 2 is 1.65 bits per heavy atom. The average Bonchev–Trinajstić information content (AvgIpc) is 3.28. The molecule has 0 spiro atoms. The molecule has 158 valence electrons. The van der Waals surface area contributed by atoms with Gasteiger partial charge in [-0.2, -0.15) is 0 Å². The van der Waals surface area contributed by atoms with Crippen molar-refractivity contribution in [3.05, 3.63) is 67.0 Å². The van der Waals surface area contributed by atoms with Crippen LogP contribution < -0.4 is 9.64 Å². The number of piperazine rings is 1. The van der Waals surface area contributed by atoms with Crippen LogP contribution in [0.3, 0.4) is 0 Å². The van der Waals surface area contributed by atoms with Crippen molar-refractivity contribution in [1.82, 2.24) is 24.8 Å². The van der Waals surface area contributed by atoms with Crippen molar-refractivity contribution in [3.63, 3.8) is 0 Å². The molecule has 1 N–H and O–H groups in total. The molecule has 3 heterocycles. The van der Waals surface area contributed by atoms with Crippen molar-refractivity contribution < 1.29 is 4.74 Å². The SMILES string of the molecule is c1cnc(N2CCN(CCCOc3ccc(-c4nc5ccccc5[nH]4)cc3)CC2)nc1. The lowest BCUT2D eigenvalue weighted by Gasteiger charge is -2.34. The molecule has 0 saturated carbocycles. The Kier molecular flexibility index (Phi) is 5.75. The number of fused-ring (bicyclic) bond motifs is 1. The molecule has 1 saturated heterocycles. The van der Waals surface area contributed by atoms with E-state index >= 15 is 0 Å². The zero-order valence-corrected chi connectivity index (χ0v) is 17.4. The Balaban J connectivity index is 1.06. The summed E-state index contributed by atoms with van der Waals surface area (Å²) in [6, 6.07) is 18.1. The summed E-state index contributed by atoms with van der Waals surface area (Å²) in [6.07, 6.45) is 4.61. The topological polar surface area (TPSA) is 70.2 Å². The van der Waals surface area contributed by atoms with Gasteiger partial charge in [0.1, 0.15) is 11.6 Å². The predicted octanol–water partition coefficient (Wildman–Crippen LogP) is 3.61. The molecule has 4 aromatic rings. The number of ether oxygens (including phenoxy) is 1. The molecule has 0 amide bonds. The summed E-state index contributed by atoms with van der Waals surface area (Å²) >= 11 is 0. The Labute approximate surface area is 181 Å². The van der Waals surface area contributed by atoms with Gasteiger partial charge >= 0.3 is 0 Å². The smallest absolute Gasteiger partial charge is 0.225 e. The highest BCUT2D eigenvalue weighted by Crippen LogP contribution is 2.23. The maximum Gasteiger partial charge on any atom is 0.225 e. The van der Waals surface area contributed by atoms with Crippen molar-refractivity contribution in [1.29, 1.82) is 0 Å². The van der Waals surface area contributed by atoms with Crippen molar-refractivity contribution >= 4 is 17.0 Å². The highest BCUT2D eigenvalue weighted by Gasteiger charge is 2.18. The Hall–Kier alpha value is -3.45. The minimum atomic E-state index is 0.714. The molecule has 1 aliphatic heterocycles. The standard InChI is InChI=1S/C24H26N6O/c1-2-6-22-21(5-1)27-23(28-22)19-7-9-20(10-8-19)31-18-4-13-29-14-16-30(17-15-29)24-25-11-3-12-26-24/h1-3,5-12H,4,13-18H2,(H,27,28). The van der Waals surface area contributed by atoms with Gasteiger partial charge in [0.05, 0.1) is 17.6 Å². The molecule has 1 fully saturated rings. The minimum absolute atomic E-state index is 0.714. The Morgan fingerprint density at radius 1 is 0.871 bits per heavy atom. The number of anilines is 1. The van der Waals surface area contributed by atoms with Crippen LogP contribution in [0.25, 0.3) is 22.4 Å². The predicted molar refractivity (Wildman–Crippen MR) is 122 cm³/mol. The number of hydrogen-bond acceptors (Lipinski definition) is 6. The van der Waals surface area contributed by atoms with E-state index in [0.717, 1.165) is 73.3 Å². The normalized spacial score (nSPS) is 14.8. The molecule has 0 aliphatic carbocycles. The fourth-order valence-corrected chi connectivity index (χ4v) is 3.90. The third kappa shape index (κ3) is 4.67. The molecule has 0 atom stereocenters. The van der Waals surface area contributed by atoms with Crippen LogP contribution >= 0.6 is 0 Å². The molecular weight excluding hydrogens is 388 g/mol. The zero-order valence-electron chi connectivity index (χ0n) is 17.4. The van der Waals surface area contributed by atoms with Gasteiger partial charge in [-0.3, -0.25) is 4.90 Å². The number of benzene rings is 2. The third-order valence-electron chi connectivity index (χ3n) is 5.61. The fraction of sp³-hybridized carbons (Fsp3) is 0.292. The number of H-pyrrole nitrogens is 1. The van der Waals surface area contributed by atoms with Gasteiger partial charge in [0, 0.05) is 50.7 Å². The van der Waals surface area contributed by atoms with E-state index in [2.05, 4.69) is 41.9 Å². The monoisotopic (exact) mass is 414 g/mol. The molecule has 2 aromatic carbocycles. The lowest BCUT2D eigenvalue weighted by Crippen LogP contribution is -2.47. The maximum absolute atomic E-state index is 5.95. The van der Waals surface area contributed by atoms with E-state index in [1.165, 1.54) is 0 Å². The van der Waals surface area contributed by atoms with Gasteiger partial charge < -0.3 is 14.6 Å². The summed E-state index contributed by atoms with van der Waals surface area (Å²) in [5, 5.41) is 0. The van der Waals surface area contributed by atoms with Crippen LogP contribution in [0.15, 0.2) is 67.0 Å². The lowest BCUT2D eigenvalue weighted by atomic mass is 10.2. The van der Waals surface area contributed by atoms with E-state index in [-0.39, 0.29) is 0 Å². The van der Waals surface area contributed by atoms with E-state index in [4.69, 9.17) is 4.74 Å². The molecule has 0 bridgehead atoms. The van der Waals surface area contributed by atoms with Gasteiger partial charge in [-0.15, -0.1) is 0 Å². The first-order valence-electron chi connectivity index (χ1n) is 10.8. The molecule has 7 nitrogen and oxygen atoms in total. The van der Waals surface area contributed by atoms with Gasteiger partial charge in [0.25, 0.3) is 0 Å². The molecule has 7 heteroatoms. The van der Waals surface area contributed by atoms with Crippen LogP contribution in [0.2, 0.25) is 0 Å². The number of aromatic nitrogens is 4. The third-order valence-corrected chi connectivity index (χ3v) is 5.61. The largest absolute Gasteiger partial charge is 0.494 e.